The lowest BCUT2D eigenvalue weighted by molar-refractivity contribution is 0.0203. The molecule has 5 heteroatoms. The summed E-state index contributed by atoms with van der Waals surface area (Å²) >= 11 is 0. The van der Waals surface area contributed by atoms with Crippen molar-refractivity contribution in [3.05, 3.63) is 35.4 Å². The Morgan fingerprint density at radius 3 is 2.88 bits per heavy atom. The van der Waals surface area contributed by atoms with Crippen LogP contribution in [-0.2, 0) is 15.9 Å². The van der Waals surface area contributed by atoms with Gasteiger partial charge in [0.25, 0.3) is 0 Å². The van der Waals surface area contributed by atoms with Crippen LogP contribution >= 0.6 is 0 Å². The van der Waals surface area contributed by atoms with Crippen LogP contribution in [0.25, 0.3) is 0 Å². The summed E-state index contributed by atoms with van der Waals surface area (Å²) in [7, 11) is 0. The maximum absolute atomic E-state index is 5.82. The molecule has 0 spiro atoms. The molecule has 0 amide bonds. The molecular weight excluding hydrogens is 326 g/mol. The zero-order chi connectivity index (χ0) is 18.0. The second kappa shape index (κ2) is 10.5. The van der Waals surface area contributed by atoms with Gasteiger partial charge in [0, 0.05) is 52.0 Å². The normalized spacial score (nSPS) is 20.3. The average Bonchev–Trinajstić information content (AvgIpc) is 2.66. The molecule has 1 unspecified atom stereocenters. The third kappa shape index (κ3) is 5.71. The van der Waals surface area contributed by atoms with Gasteiger partial charge in [-0.2, -0.15) is 0 Å². The molecule has 1 atom stereocenters. The zero-order valence-corrected chi connectivity index (χ0v) is 16.0. The Balaban J connectivity index is 1.30. The molecule has 0 bridgehead atoms. The van der Waals surface area contributed by atoms with E-state index in [1.165, 1.54) is 11.1 Å². The van der Waals surface area contributed by atoms with Crippen LogP contribution in [0, 0.1) is 5.92 Å². The molecule has 1 aliphatic heterocycles. The zero-order valence-electron chi connectivity index (χ0n) is 16.0. The van der Waals surface area contributed by atoms with Gasteiger partial charge in [0.2, 0.25) is 0 Å². The van der Waals surface area contributed by atoms with Crippen molar-refractivity contribution >= 4 is 5.96 Å². The number of rotatable bonds is 9. The molecule has 144 valence electrons. The fourth-order valence-electron chi connectivity index (χ4n) is 3.61. The number of ether oxygens (including phenoxy) is 2. The summed E-state index contributed by atoms with van der Waals surface area (Å²) < 4.78 is 11.2. The van der Waals surface area contributed by atoms with Gasteiger partial charge in [0.1, 0.15) is 0 Å². The van der Waals surface area contributed by atoms with E-state index < -0.39 is 0 Å². The minimum absolute atomic E-state index is 0.574. The minimum atomic E-state index is 0.574. The van der Waals surface area contributed by atoms with Crippen LogP contribution in [0.5, 0.6) is 0 Å². The summed E-state index contributed by atoms with van der Waals surface area (Å²) in [6.45, 7) is 8.19. The van der Waals surface area contributed by atoms with Crippen LogP contribution in [0.2, 0.25) is 0 Å². The number of fused-ring (bicyclic) bond motifs is 1. The number of nitrogens with one attached hydrogen (secondary N) is 2. The summed E-state index contributed by atoms with van der Waals surface area (Å²) in [5.41, 5.74) is 2.95. The van der Waals surface area contributed by atoms with Crippen molar-refractivity contribution in [3.8, 4) is 0 Å². The second-order valence-electron chi connectivity index (χ2n) is 7.23. The van der Waals surface area contributed by atoms with Crippen molar-refractivity contribution in [1.82, 2.24) is 10.6 Å². The third-order valence-electron chi connectivity index (χ3n) is 5.23. The molecule has 1 aromatic rings. The summed E-state index contributed by atoms with van der Waals surface area (Å²) in [6.07, 6.45) is 4.43. The Morgan fingerprint density at radius 2 is 2.08 bits per heavy atom. The molecule has 0 aromatic heterocycles. The fourth-order valence-corrected chi connectivity index (χ4v) is 3.61. The summed E-state index contributed by atoms with van der Waals surface area (Å²) in [4.78, 5) is 4.77. The molecule has 0 radical (unpaired) electrons. The van der Waals surface area contributed by atoms with Gasteiger partial charge in [-0.3, -0.25) is 4.99 Å². The van der Waals surface area contributed by atoms with Crippen LogP contribution < -0.4 is 10.6 Å². The second-order valence-corrected chi connectivity index (χ2v) is 7.23. The predicted molar refractivity (Wildman–Crippen MR) is 106 cm³/mol. The maximum Gasteiger partial charge on any atom is 0.191 e. The SMILES string of the molecule is CCNC(=NCC1Cc2ccccc21)NCCCOCC1CCOCC1. The van der Waals surface area contributed by atoms with Gasteiger partial charge < -0.3 is 20.1 Å². The molecule has 1 aliphatic carbocycles. The van der Waals surface area contributed by atoms with E-state index in [1.54, 1.807) is 0 Å². The quantitative estimate of drug-likeness (QED) is 0.404. The van der Waals surface area contributed by atoms with Crippen LogP contribution in [0.1, 0.15) is 43.2 Å². The highest BCUT2D eigenvalue weighted by molar-refractivity contribution is 5.79. The van der Waals surface area contributed by atoms with Gasteiger partial charge in [-0.05, 0) is 49.7 Å². The van der Waals surface area contributed by atoms with Crippen molar-refractivity contribution in [3.63, 3.8) is 0 Å². The van der Waals surface area contributed by atoms with Gasteiger partial charge in [-0.15, -0.1) is 0 Å². The lowest BCUT2D eigenvalue weighted by Crippen LogP contribution is -2.38. The van der Waals surface area contributed by atoms with Crippen LogP contribution in [0.3, 0.4) is 0 Å². The predicted octanol–water partition coefficient (Wildman–Crippen LogP) is 2.71. The lowest BCUT2D eigenvalue weighted by Gasteiger charge is -2.29. The topological polar surface area (TPSA) is 54.9 Å². The standard InChI is InChI=1S/C21H33N3O2/c1-2-22-21(24-15-19-14-18-6-3-4-7-20(18)19)23-10-5-11-26-16-17-8-12-25-13-9-17/h3-4,6-7,17,19H,2,5,8-16H2,1H3,(H2,22,23,24). The number of aliphatic imine (C=N–C) groups is 1. The number of nitrogens with zero attached hydrogens (tertiary/aromatic N) is 1. The Labute approximate surface area is 157 Å². The van der Waals surface area contributed by atoms with Crippen molar-refractivity contribution in [2.45, 2.75) is 38.5 Å². The smallest absolute Gasteiger partial charge is 0.191 e. The average molecular weight is 360 g/mol. The molecular formula is C21H33N3O2. The molecule has 1 fully saturated rings. The first-order valence-electron chi connectivity index (χ1n) is 10.1. The monoisotopic (exact) mass is 359 g/mol. The number of guanidine groups is 1. The van der Waals surface area contributed by atoms with E-state index in [0.29, 0.717) is 11.8 Å². The summed E-state index contributed by atoms with van der Waals surface area (Å²) in [5.74, 6) is 2.17. The maximum atomic E-state index is 5.82. The molecule has 1 saturated heterocycles. The van der Waals surface area contributed by atoms with Crippen LogP contribution in [-0.4, -0.2) is 52.0 Å². The van der Waals surface area contributed by atoms with Gasteiger partial charge in [-0.1, -0.05) is 24.3 Å². The van der Waals surface area contributed by atoms with E-state index in [0.717, 1.165) is 77.7 Å². The van der Waals surface area contributed by atoms with E-state index in [9.17, 15) is 0 Å². The highest BCUT2D eigenvalue weighted by atomic mass is 16.5. The van der Waals surface area contributed by atoms with E-state index in [4.69, 9.17) is 14.5 Å². The van der Waals surface area contributed by atoms with Crippen molar-refractivity contribution < 1.29 is 9.47 Å². The fraction of sp³-hybridized carbons (Fsp3) is 0.667. The molecule has 1 heterocycles. The summed E-state index contributed by atoms with van der Waals surface area (Å²) in [6, 6.07) is 8.70. The lowest BCUT2D eigenvalue weighted by atomic mass is 9.78. The first kappa shape index (κ1) is 19.2. The largest absolute Gasteiger partial charge is 0.381 e. The Kier molecular flexibility index (Phi) is 7.77. The first-order valence-corrected chi connectivity index (χ1v) is 10.1. The van der Waals surface area contributed by atoms with Crippen molar-refractivity contribution in [2.75, 3.05) is 46.1 Å². The van der Waals surface area contributed by atoms with Crippen LogP contribution in [0.4, 0.5) is 0 Å². The van der Waals surface area contributed by atoms with E-state index in [-0.39, 0.29) is 0 Å². The number of hydrogen-bond donors (Lipinski definition) is 2. The van der Waals surface area contributed by atoms with Gasteiger partial charge >= 0.3 is 0 Å². The Morgan fingerprint density at radius 1 is 1.23 bits per heavy atom. The summed E-state index contributed by atoms with van der Waals surface area (Å²) in [5, 5.41) is 6.76. The molecule has 5 nitrogen and oxygen atoms in total. The molecule has 1 aromatic carbocycles. The third-order valence-corrected chi connectivity index (χ3v) is 5.23. The molecule has 26 heavy (non-hydrogen) atoms. The van der Waals surface area contributed by atoms with Crippen molar-refractivity contribution in [2.24, 2.45) is 10.9 Å². The first-order chi connectivity index (χ1) is 12.9. The van der Waals surface area contributed by atoms with E-state index >= 15 is 0 Å². The number of benzene rings is 1. The van der Waals surface area contributed by atoms with Gasteiger partial charge in [0.05, 0.1) is 0 Å². The molecule has 0 saturated carbocycles. The van der Waals surface area contributed by atoms with E-state index in [1.807, 2.05) is 0 Å². The minimum Gasteiger partial charge on any atom is -0.381 e. The number of hydrogen-bond acceptors (Lipinski definition) is 3. The van der Waals surface area contributed by atoms with E-state index in [2.05, 4.69) is 41.8 Å². The highest BCUT2D eigenvalue weighted by Crippen LogP contribution is 2.34. The highest BCUT2D eigenvalue weighted by Gasteiger charge is 2.24. The van der Waals surface area contributed by atoms with Crippen LogP contribution in [0.15, 0.2) is 29.3 Å². The Hall–Kier alpha value is -1.59. The molecule has 2 N–H and O–H groups in total. The Bertz CT molecular complexity index is 570. The van der Waals surface area contributed by atoms with Crippen molar-refractivity contribution in [1.29, 1.82) is 0 Å². The van der Waals surface area contributed by atoms with Gasteiger partial charge in [0.15, 0.2) is 5.96 Å². The molecule has 2 aliphatic rings. The van der Waals surface area contributed by atoms with Gasteiger partial charge in [-0.25, -0.2) is 0 Å². The molecule has 3 rings (SSSR count).